The number of hydrogen-bond donors (Lipinski definition) is 1. The number of nitrogens with zero attached hydrogens (tertiary/aromatic N) is 5. The van der Waals surface area contributed by atoms with Crippen LogP contribution in [0.4, 0.5) is 10.8 Å². The van der Waals surface area contributed by atoms with E-state index < -0.39 is 0 Å². The van der Waals surface area contributed by atoms with Crippen LogP contribution >= 0.6 is 11.3 Å². The van der Waals surface area contributed by atoms with Gasteiger partial charge in [0.1, 0.15) is 13.2 Å². The average molecular weight is 413 g/mol. The minimum absolute atomic E-state index is 0.589. The number of fused-ring (bicyclic) bond motifs is 1. The SMILES string of the molecule is CN1CCN(c2nnc(-n3cccc3CNc3ccc4c(c3)OCCO4)s2)CC1. The number of likely N-dealkylation sites (N-methyl/N-ethyl adjacent to an activating group) is 1. The second-order valence-electron chi connectivity index (χ2n) is 7.24. The van der Waals surface area contributed by atoms with Gasteiger partial charge in [-0.15, -0.1) is 10.2 Å². The zero-order valence-corrected chi connectivity index (χ0v) is 17.2. The standard InChI is InChI=1S/C20H24N6O2S/c1-24-7-9-25(10-8-24)19-22-23-20(29-19)26-6-2-3-16(26)14-21-15-4-5-17-18(13-15)28-12-11-27-17/h2-6,13,21H,7-12,14H2,1H3. The highest BCUT2D eigenvalue weighted by atomic mass is 32.1. The summed E-state index contributed by atoms with van der Waals surface area (Å²) in [5.41, 5.74) is 2.12. The summed E-state index contributed by atoms with van der Waals surface area (Å²) in [5, 5.41) is 14.2. The second kappa shape index (κ2) is 7.92. The molecule has 2 aromatic heterocycles. The van der Waals surface area contributed by atoms with Crippen LogP contribution in [0.15, 0.2) is 36.5 Å². The van der Waals surface area contributed by atoms with Gasteiger partial charge in [-0.2, -0.15) is 0 Å². The van der Waals surface area contributed by atoms with Crippen LogP contribution in [0.2, 0.25) is 0 Å². The Balaban J connectivity index is 1.28. The molecule has 29 heavy (non-hydrogen) atoms. The third-order valence-corrected chi connectivity index (χ3v) is 6.22. The fraction of sp³-hybridized carbons (Fsp3) is 0.400. The molecule has 152 valence electrons. The van der Waals surface area contributed by atoms with E-state index in [1.807, 2.05) is 30.5 Å². The van der Waals surface area contributed by atoms with Crippen molar-refractivity contribution in [3.8, 4) is 16.6 Å². The predicted octanol–water partition coefficient (Wildman–Crippen LogP) is 2.46. The molecule has 0 unspecified atom stereocenters. The first-order valence-corrected chi connectivity index (χ1v) is 10.6. The summed E-state index contributed by atoms with van der Waals surface area (Å²) in [6.07, 6.45) is 2.04. The molecule has 4 heterocycles. The molecule has 8 nitrogen and oxygen atoms in total. The molecular weight excluding hydrogens is 388 g/mol. The number of anilines is 2. The summed E-state index contributed by atoms with van der Waals surface area (Å²) in [6.45, 7) is 5.98. The molecule has 0 atom stereocenters. The Kier molecular flexibility index (Phi) is 4.99. The van der Waals surface area contributed by atoms with Gasteiger partial charge in [-0.1, -0.05) is 11.3 Å². The monoisotopic (exact) mass is 412 g/mol. The maximum atomic E-state index is 5.67. The van der Waals surface area contributed by atoms with Crippen LogP contribution < -0.4 is 19.7 Å². The van der Waals surface area contributed by atoms with Gasteiger partial charge in [-0.3, -0.25) is 4.57 Å². The van der Waals surface area contributed by atoms with E-state index in [1.165, 1.54) is 0 Å². The first kappa shape index (κ1) is 18.3. The lowest BCUT2D eigenvalue weighted by atomic mass is 10.2. The van der Waals surface area contributed by atoms with Crippen molar-refractivity contribution in [1.82, 2.24) is 19.7 Å². The minimum atomic E-state index is 0.589. The molecule has 9 heteroatoms. The van der Waals surface area contributed by atoms with Gasteiger partial charge in [-0.25, -0.2) is 0 Å². The molecule has 3 aromatic rings. The highest BCUT2D eigenvalue weighted by Crippen LogP contribution is 2.33. The van der Waals surface area contributed by atoms with Crippen LogP contribution in [0.3, 0.4) is 0 Å². The number of ether oxygens (including phenoxy) is 2. The molecule has 1 saturated heterocycles. The van der Waals surface area contributed by atoms with Crippen LogP contribution in [0, 0.1) is 0 Å². The molecule has 0 radical (unpaired) electrons. The van der Waals surface area contributed by atoms with Crippen LogP contribution in [-0.4, -0.2) is 66.1 Å². The Morgan fingerprint density at radius 2 is 1.79 bits per heavy atom. The first-order valence-electron chi connectivity index (χ1n) is 9.83. The summed E-state index contributed by atoms with van der Waals surface area (Å²) in [7, 11) is 2.16. The summed E-state index contributed by atoms with van der Waals surface area (Å²) in [4.78, 5) is 4.66. The molecule has 2 aliphatic rings. The van der Waals surface area contributed by atoms with Crippen LogP contribution in [0.1, 0.15) is 5.69 Å². The Morgan fingerprint density at radius 3 is 2.66 bits per heavy atom. The molecule has 1 fully saturated rings. The van der Waals surface area contributed by atoms with Gasteiger partial charge in [0.05, 0.1) is 6.54 Å². The van der Waals surface area contributed by atoms with Crippen molar-refractivity contribution in [2.75, 3.05) is 56.7 Å². The van der Waals surface area contributed by atoms with Crippen LogP contribution in [0.25, 0.3) is 5.13 Å². The first-order chi connectivity index (χ1) is 14.3. The molecule has 1 N–H and O–H groups in total. The van der Waals surface area contributed by atoms with Crippen molar-refractivity contribution >= 4 is 22.2 Å². The Hall–Kier alpha value is -2.78. The largest absolute Gasteiger partial charge is 0.486 e. The van der Waals surface area contributed by atoms with E-state index in [1.54, 1.807) is 11.3 Å². The highest BCUT2D eigenvalue weighted by molar-refractivity contribution is 7.17. The summed E-state index contributed by atoms with van der Waals surface area (Å²) in [5.74, 6) is 1.59. The zero-order chi connectivity index (χ0) is 19.6. The minimum Gasteiger partial charge on any atom is -0.486 e. The number of hydrogen-bond acceptors (Lipinski definition) is 8. The molecular formula is C20H24N6O2S. The average Bonchev–Trinajstić information content (AvgIpc) is 3.42. The van der Waals surface area contributed by atoms with Gasteiger partial charge in [0.2, 0.25) is 10.3 Å². The van der Waals surface area contributed by atoms with Gasteiger partial charge in [0, 0.05) is 49.8 Å². The lowest BCUT2D eigenvalue weighted by Crippen LogP contribution is -2.44. The Labute approximate surface area is 173 Å². The van der Waals surface area contributed by atoms with Crippen molar-refractivity contribution < 1.29 is 9.47 Å². The maximum absolute atomic E-state index is 5.67. The number of nitrogens with one attached hydrogen (secondary N) is 1. The molecule has 5 rings (SSSR count). The van der Waals surface area contributed by atoms with E-state index in [0.717, 1.165) is 59.3 Å². The number of benzene rings is 1. The predicted molar refractivity (Wildman–Crippen MR) is 114 cm³/mol. The number of rotatable bonds is 5. The van der Waals surface area contributed by atoms with E-state index in [-0.39, 0.29) is 0 Å². The zero-order valence-electron chi connectivity index (χ0n) is 16.4. The smallest absolute Gasteiger partial charge is 0.218 e. The topological polar surface area (TPSA) is 67.7 Å². The Bertz CT molecular complexity index is 979. The van der Waals surface area contributed by atoms with E-state index in [4.69, 9.17) is 9.47 Å². The van der Waals surface area contributed by atoms with E-state index in [0.29, 0.717) is 19.8 Å². The van der Waals surface area contributed by atoms with E-state index >= 15 is 0 Å². The number of aromatic nitrogens is 3. The molecule has 0 amide bonds. The third kappa shape index (κ3) is 3.88. The van der Waals surface area contributed by atoms with Gasteiger partial charge < -0.3 is 24.6 Å². The van der Waals surface area contributed by atoms with Crippen LogP contribution in [0.5, 0.6) is 11.5 Å². The highest BCUT2D eigenvalue weighted by Gasteiger charge is 2.19. The molecule has 0 saturated carbocycles. The lowest BCUT2D eigenvalue weighted by Gasteiger charge is -2.31. The molecule has 1 aromatic carbocycles. The van der Waals surface area contributed by atoms with Gasteiger partial charge in [-0.05, 0) is 31.3 Å². The molecule has 0 aliphatic carbocycles. The fourth-order valence-corrected chi connectivity index (χ4v) is 4.44. The molecule has 2 aliphatic heterocycles. The van der Waals surface area contributed by atoms with Gasteiger partial charge in [0.15, 0.2) is 11.5 Å². The Morgan fingerprint density at radius 1 is 1.00 bits per heavy atom. The van der Waals surface area contributed by atoms with E-state index in [2.05, 4.69) is 43.0 Å². The maximum Gasteiger partial charge on any atom is 0.218 e. The summed E-state index contributed by atoms with van der Waals surface area (Å²) < 4.78 is 13.4. The quantitative estimate of drug-likeness (QED) is 0.690. The normalized spacial score (nSPS) is 16.8. The lowest BCUT2D eigenvalue weighted by molar-refractivity contribution is 0.171. The van der Waals surface area contributed by atoms with Gasteiger partial charge >= 0.3 is 0 Å². The van der Waals surface area contributed by atoms with Crippen LogP contribution in [-0.2, 0) is 6.54 Å². The third-order valence-electron chi connectivity index (χ3n) is 5.23. The van der Waals surface area contributed by atoms with Crippen molar-refractivity contribution in [1.29, 1.82) is 0 Å². The summed E-state index contributed by atoms with van der Waals surface area (Å²) >= 11 is 1.64. The molecule has 0 bridgehead atoms. The molecule has 0 spiro atoms. The van der Waals surface area contributed by atoms with E-state index in [9.17, 15) is 0 Å². The van der Waals surface area contributed by atoms with Crippen molar-refractivity contribution in [3.05, 3.63) is 42.2 Å². The summed E-state index contributed by atoms with van der Waals surface area (Å²) in [6, 6.07) is 10.1. The number of piperazine rings is 1. The fourth-order valence-electron chi connectivity index (χ4n) is 3.52. The van der Waals surface area contributed by atoms with Crippen molar-refractivity contribution in [2.45, 2.75) is 6.54 Å². The van der Waals surface area contributed by atoms with Crippen molar-refractivity contribution in [2.24, 2.45) is 0 Å². The van der Waals surface area contributed by atoms with Crippen molar-refractivity contribution in [3.63, 3.8) is 0 Å². The van der Waals surface area contributed by atoms with Gasteiger partial charge in [0.25, 0.3) is 0 Å². The second-order valence-corrected chi connectivity index (χ2v) is 8.17.